The van der Waals surface area contributed by atoms with Crippen LogP contribution in [0.2, 0.25) is 10.0 Å². The lowest BCUT2D eigenvalue weighted by atomic mass is 10.0. The molecular weight excluding hydrogens is 354 g/mol. The molecule has 0 N–H and O–H groups in total. The molecule has 0 spiro atoms. The number of halogens is 4. The van der Waals surface area contributed by atoms with Gasteiger partial charge in [-0.3, -0.25) is 0 Å². The summed E-state index contributed by atoms with van der Waals surface area (Å²) in [5.41, 5.74) is 2.11. The first kappa shape index (κ1) is 14.2. The highest BCUT2D eigenvalue weighted by Gasteiger charge is 2.11. The van der Waals surface area contributed by atoms with E-state index in [0.29, 0.717) is 5.02 Å². The van der Waals surface area contributed by atoms with Crippen LogP contribution in [0.4, 0.5) is 0 Å². The standard InChI is InChI=1S/C14H10BrCl3/c15-11-6-10(7-13(17)8-11)14(18)5-9-2-1-3-12(16)4-9/h1-4,6-8,14H,5H2. The SMILES string of the molecule is Clc1cccc(CC(Cl)c2cc(Cl)cc(Br)c2)c1. The van der Waals surface area contributed by atoms with Gasteiger partial charge in [0.2, 0.25) is 0 Å². The molecule has 2 aromatic carbocycles. The average Bonchev–Trinajstić information content (AvgIpc) is 2.27. The number of hydrogen-bond donors (Lipinski definition) is 0. The minimum Gasteiger partial charge on any atom is -0.117 e. The fourth-order valence-corrected chi connectivity index (χ4v) is 3.15. The predicted octanol–water partition coefficient (Wildman–Crippen LogP) is 6.28. The van der Waals surface area contributed by atoms with Crippen molar-refractivity contribution in [2.24, 2.45) is 0 Å². The quantitative estimate of drug-likeness (QED) is 0.562. The van der Waals surface area contributed by atoms with E-state index in [0.717, 1.165) is 27.0 Å². The van der Waals surface area contributed by atoms with Crippen molar-refractivity contribution < 1.29 is 0 Å². The summed E-state index contributed by atoms with van der Waals surface area (Å²) in [6.07, 6.45) is 0.717. The average molecular weight is 364 g/mol. The zero-order chi connectivity index (χ0) is 13.1. The molecule has 0 radical (unpaired) electrons. The Morgan fingerprint density at radius 1 is 1.00 bits per heavy atom. The lowest BCUT2D eigenvalue weighted by Crippen LogP contribution is -1.96. The minimum atomic E-state index is -0.126. The van der Waals surface area contributed by atoms with Crippen molar-refractivity contribution in [3.05, 3.63) is 68.1 Å². The van der Waals surface area contributed by atoms with E-state index < -0.39 is 0 Å². The van der Waals surface area contributed by atoms with Gasteiger partial charge in [-0.1, -0.05) is 51.3 Å². The van der Waals surface area contributed by atoms with Gasteiger partial charge in [0.25, 0.3) is 0 Å². The Hall–Kier alpha value is -0.210. The summed E-state index contributed by atoms with van der Waals surface area (Å²) in [6.45, 7) is 0. The van der Waals surface area contributed by atoms with Crippen molar-refractivity contribution in [2.75, 3.05) is 0 Å². The number of hydrogen-bond acceptors (Lipinski definition) is 0. The Labute approximate surface area is 130 Å². The topological polar surface area (TPSA) is 0 Å². The summed E-state index contributed by atoms with van der Waals surface area (Å²) in [5.74, 6) is 0. The van der Waals surface area contributed by atoms with E-state index in [1.54, 1.807) is 0 Å². The Bertz CT molecular complexity index is 534. The molecule has 0 amide bonds. The van der Waals surface area contributed by atoms with Crippen LogP contribution >= 0.6 is 50.7 Å². The maximum absolute atomic E-state index is 6.41. The van der Waals surface area contributed by atoms with Gasteiger partial charge in [0, 0.05) is 14.5 Å². The van der Waals surface area contributed by atoms with Gasteiger partial charge in [-0.25, -0.2) is 0 Å². The largest absolute Gasteiger partial charge is 0.117 e. The van der Waals surface area contributed by atoms with Gasteiger partial charge >= 0.3 is 0 Å². The van der Waals surface area contributed by atoms with Crippen molar-refractivity contribution in [3.63, 3.8) is 0 Å². The highest BCUT2D eigenvalue weighted by Crippen LogP contribution is 2.30. The monoisotopic (exact) mass is 362 g/mol. The molecule has 1 atom stereocenters. The van der Waals surface area contributed by atoms with Crippen LogP contribution < -0.4 is 0 Å². The summed E-state index contributed by atoms with van der Waals surface area (Å²) in [5, 5.41) is 1.28. The number of alkyl halides is 1. The molecule has 2 aromatic rings. The highest BCUT2D eigenvalue weighted by molar-refractivity contribution is 9.10. The first-order valence-corrected chi connectivity index (χ1v) is 7.37. The van der Waals surface area contributed by atoms with Gasteiger partial charge in [0.15, 0.2) is 0 Å². The molecule has 0 saturated carbocycles. The van der Waals surface area contributed by atoms with E-state index in [9.17, 15) is 0 Å². The first-order valence-electron chi connectivity index (χ1n) is 5.39. The molecule has 18 heavy (non-hydrogen) atoms. The summed E-state index contributed by atoms with van der Waals surface area (Å²) in [7, 11) is 0. The van der Waals surface area contributed by atoms with Crippen LogP contribution in [0.5, 0.6) is 0 Å². The molecule has 0 saturated heterocycles. The second-order valence-corrected chi connectivity index (χ2v) is 6.32. The van der Waals surface area contributed by atoms with Crippen LogP contribution in [0.1, 0.15) is 16.5 Å². The second-order valence-electron chi connectivity index (χ2n) is 4.00. The van der Waals surface area contributed by atoms with Gasteiger partial charge < -0.3 is 0 Å². The first-order chi connectivity index (χ1) is 8.54. The minimum absolute atomic E-state index is 0.126. The van der Waals surface area contributed by atoms with Crippen LogP contribution in [0.15, 0.2) is 46.9 Å². The molecule has 94 valence electrons. The number of rotatable bonds is 3. The van der Waals surface area contributed by atoms with Crippen molar-refractivity contribution in [2.45, 2.75) is 11.8 Å². The van der Waals surface area contributed by atoms with Gasteiger partial charge in [-0.2, -0.15) is 0 Å². The molecule has 4 heteroatoms. The molecule has 0 bridgehead atoms. The van der Waals surface area contributed by atoms with E-state index >= 15 is 0 Å². The summed E-state index contributed by atoms with van der Waals surface area (Å²) < 4.78 is 0.932. The van der Waals surface area contributed by atoms with Crippen LogP contribution in [-0.2, 0) is 6.42 Å². The fourth-order valence-electron chi connectivity index (χ4n) is 1.74. The lowest BCUT2D eigenvalue weighted by molar-refractivity contribution is 0.919. The third-order valence-electron chi connectivity index (χ3n) is 2.55. The number of benzene rings is 2. The third-order valence-corrected chi connectivity index (χ3v) is 3.87. The van der Waals surface area contributed by atoms with Crippen molar-refractivity contribution in [3.8, 4) is 0 Å². The van der Waals surface area contributed by atoms with E-state index in [-0.39, 0.29) is 5.38 Å². The molecule has 2 rings (SSSR count). The van der Waals surface area contributed by atoms with Crippen LogP contribution in [0.25, 0.3) is 0 Å². The maximum atomic E-state index is 6.41. The van der Waals surface area contributed by atoms with Crippen molar-refractivity contribution in [1.82, 2.24) is 0 Å². The fraction of sp³-hybridized carbons (Fsp3) is 0.143. The van der Waals surface area contributed by atoms with E-state index in [4.69, 9.17) is 34.8 Å². The molecule has 0 aromatic heterocycles. The smallest absolute Gasteiger partial charge is 0.0626 e. The zero-order valence-corrected chi connectivity index (χ0v) is 13.2. The predicted molar refractivity (Wildman–Crippen MR) is 82.9 cm³/mol. The van der Waals surface area contributed by atoms with Gasteiger partial charge in [0.05, 0.1) is 5.38 Å². The Balaban J connectivity index is 2.19. The van der Waals surface area contributed by atoms with Crippen molar-refractivity contribution >= 4 is 50.7 Å². The molecule has 0 fully saturated rings. The van der Waals surface area contributed by atoms with Crippen LogP contribution in [0.3, 0.4) is 0 Å². The van der Waals surface area contributed by atoms with Crippen LogP contribution in [-0.4, -0.2) is 0 Å². The van der Waals surface area contributed by atoms with E-state index in [1.807, 2.05) is 42.5 Å². The summed E-state index contributed by atoms with van der Waals surface area (Å²) >= 11 is 21.8. The third kappa shape index (κ3) is 3.89. The lowest BCUT2D eigenvalue weighted by Gasteiger charge is -2.11. The van der Waals surface area contributed by atoms with Gasteiger partial charge in [-0.15, -0.1) is 11.6 Å². The maximum Gasteiger partial charge on any atom is 0.0626 e. The molecule has 0 aliphatic carbocycles. The molecule has 0 heterocycles. The van der Waals surface area contributed by atoms with Gasteiger partial charge in [-0.05, 0) is 47.9 Å². The summed E-state index contributed by atoms with van der Waals surface area (Å²) in [6, 6.07) is 13.4. The molecule has 0 aliphatic heterocycles. The Morgan fingerprint density at radius 3 is 2.44 bits per heavy atom. The Morgan fingerprint density at radius 2 is 1.78 bits per heavy atom. The van der Waals surface area contributed by atoms with E-state index in [2.05, 4.69) is 15.9 Å². The molecule has 0 nitrogen and oxygen atoms in total. The Kier molecular flexibility index (Phi) is 4.97. The molecule has 0 aliphatic rings. The van der Waals surface area contributed by atoms with Crippen molar-refractivity contribution in [1.29, 1.82) is 0 Å². The van der Waals surface area contributed by atoms with E-state index in [1.165, 1.54) is 0 Å². The molecular formula is C14H10BrCl3. The normalized spacial score (nSPS) is 12.4. The molecule has 1 unspecified atom stereocenters. The summed E-state index contributed by atoms with van der Waals surface area (Å²) in [4.78, 5) is 0. The second kappa shape index (κ2) is 6.29. The van der Waals surface area contributed by atoms with Gasteiger partial charge in [0.1, 0.15) is 0 Å². The van der Waals surface area contributed by atoms with Crippen LogP contribution in [0, 0.1) is 0 Å². The highest BCUT2D eigenvalue weighted by atomic mass is 79.9. The zero-order valence-electron chi connectivity index (χ0n) is 9.34.